The summed E-state index contributed by atoms with van der Waals surface area (Å²) in [5, 5.41) is 0. The van der Waals surface area contributed by atoms with E-state index in [0.29, 0.717) is 0 Å². The summed E-state index contributed by atoms with van der Waals surface area (Å²) in [5.74, 6) is 2.95. The molecular formula is C7H8N+. The van der Waals surface area contributed by atoms with Crippen molar-refractivity contribution in [3.63, 3.8) is 0 Å². The van der Waals surface area contributed by atoms with Gasteiger partial charge in [-0.05, 0) is 13.5 Å². The molecule has 0 aliphatic carbocycles. The number of hydrogen-bond donors (Lipinski definition) is 0. The van der Waals surface area contributed by atoms with Crippen LogP contribution in [0.2, 0.25) is 0 Å². The predicted octanol–water partition coefficient (Wildman–Crippen LogP) is 1.29. The zero-order valence-corrected chi connectivity index (χ0v) is 4.89. The standard InChI is InChI=1S/C7H8N/c1-3-8-5-4-7(2)6-8/h3-4,6H,1H2,2H3/q+1. The number of nitrogens with zero attached hydrogens (tertiary/aromatic N) is 1. The molecule has 1 nitrogen and oxygen atoms in total. The molecule has 0 saturated carbocycles. The van der Waals surface area contributed by atoms with Gasteiger partial charge in [-0.3, -0.25) is 0 Å². The molecule has 8 heavy (non-hydrogen) atoms. The van der Waals surface area contributed by atoms with Crippen LogP contribution in [0.1, 0.15) is 6.92 Å². The molecule has 1 aliphatic rings. The molecule has 0 amide bonds. The van der Waals surface area contributed by atoms with Gasteiger partial charge in [0.25, 0.3) is 0 Å². The highest BCUT2D eigenvalue weighted by atomic mass is 14.9. The minimum atomic E-state index is 1.21. The Labute approximate surface area is 49.0 Å². The van der Waals surface area contributed by atoms with Crippen molar-refractivity contribution in [2.45, 2.75) is 6.92 Å². The van der Waals surface area contributed by atoms with Crippen molar-refractivity contribution in [2.24, 2.45) is 0 Å². The van der Waals surface area contributed by atoms with E-state index < -0.39 is 0 Å². The molecule has 0 saturated heterocycles. The molecule has 1 heterocycles. The summed E-state index contributed by atoms with van der Waals surface area (Å²) < 4.78 is 1.80. The van der Waals surface area contributed by atoms with E-state index in [4.69, 9.17) is 0 Å². The van der Waals surface area contributed by atoms with Gasteiger partial charge in [0.2, 0.25) is 0 Å². The van der Waals surface area contributed by atoms with Crippen LogP contribution in [0.3, 0.4) is 0 Å². The Morgan fingerprint density at radius 2 is 2.62 bits per heavy atom. The van der Waals surface area contributed by atoms with Crippen LogP contribution in [0.25, 0.3) is 0 Å². The fourth-order valence-electron chi connectivity index (χ4n) is 0.576. The lowest BCUT2D eigenvalue weighted by Gasteiger charge is -1.73. The Bertz CT molecular complexity index is 202. The first-order valence-electron chi connectivity index (χ1n) is 2.51. The monoisotopic (exact) mass is 106 g/mol. The fraction of sp³-hybridized carbons (Fsp3) is 0.143. The second kappa shape index (κ2) is 1.81. The molecule has 0 aromatic heterocycles. The second-order valence-corrected chi connectivity index (χ2v) is 1.74. The maximum absolute atomic E-state index is 3.58. The van der Waals surface area contributed by atoms with Crippen LogP contribution in [0.4, 0.5) is 0 Å². The van der Waals surface area contributed by atoms with E-state index in [0.717, 1.165) is 0 Å². The molecule has 0 N–H and O–H groups in total. The molecule has 1 rings (SSSR count). The van der Waals surface area contributed by atoms with E-state index in [-0.39, 0.29) is 0 Å². The third kappa shape index (κ3) is 0.772. The van der Waals surface area contributed by atoms with Crippen LogP contribution in [0, 0.1) is 0 Å². The lowest BCUT2D eigenvalue weighted by Crippen LogP contribution is -1.84. The lowest BCUT2D eigenvalue weighted by atomic mass is 10.4. The van der Waals surface area contributed by atoms with Crippen LogP contribution in [-0.4, -0.2) is 10.4 Å². The first-order chi connectivity index (χ1) is 3.83. The van der Waals surface area contributed by atoms with Crippen molar-refractivity contribution in [1.82, 2.24) is 0 Å². The van der Waals surface area contributed by atoms with Gasteiger partial charge in [-0.15, -0.1) is 4.58 Å². The molecule has 0 bridgehead atoms. The van der Waals surface area contributed by atoms with E-state index in [2.05, 4.69) is 12.4 Å². The van der Waals surface area contributed by atoms with E-state index in [1.807, 2.05) is 19.2 Å². The molecule has 0 fully saturated rings. The van der Waals surface area contributed by atoms with Gasteiger partial charge in [-0.2, -0.15) is 0 Å². The molecule has 1 aliphatic heterocycles. The van der Waals surface area contributed by atoms with Crippen molar-refractivity contribution >= 4 is 5.87 Å². The predicted molar refractivity (Wildman–Crippen MR) is 33.8 cm³/mol. The molecule has 0 aromatic rings. The largest absolute Gasteiger partial charge is 0.188 e. The van der Waals surface area contributed by atoms with Gasteiger partial charge >= 0.3 is 0 Å². The minimum Gasteiger partial charge on any atom is -0.126 e. The maximum Gasteiger partial charge on any atom is 0.188 e. The molecular weight excluding hydrogens is 98.1 g/mol. The normalized spacial score (nSPS) is 15.6. The quantitative estimate of drug-likeness (QED) is 0.443. The van der Waals surface area contributed by atoms with Crippen LogP contribution in [0.15, 0.2) is 30.6 Å². The first-order valence-corrected chi connectivity index (χ1v) is 2.51. The zero-order chi connectivity index (χ0) is 5.98. The first kappa shape index (κ1) is 5.07. The summed E-state index contributed by atoms with van der Waals surface area (Å²) in [6, 6.07) is 0. The molecule has 0 unspecified atom stereocenters. The molecule has 1 heteroatoms. The molecule has 0 radical (unpaired) electrons. The van der Waals surface area contributed by atoms with E-state index in [9.17, 15) is 0 Å². The van der Waals surface area contributed by atoms with E-state index >= 15 is 0 Å². The average molecular weight is 106 g/mol. The van der Waals surface area contributed by atoms with Gasteiger partial charge in [0.05, 0.1) is 6.08 Å². The Balaban J connectivity index is 2.91. The van der Waals surface area contributed by atoms with Crippen molar-refractivity contribution < 1.29 is 4.58 Å². The highest BCUT2D eigenvalue weighted by Gasteiger charge is 1.98. The highest BCUT2D eigenvalue weighted by Crippen LogP contribution is 1.96. The van der Waals surface area contributed by atoms with Crippen molar-refractivity contribution in [2.75, 3.05) is 0 Å². The smallest absolute Gasteiger partial charge is 0.126 e. The Morgan fingerprint density at radius 3 is 2.88 bits per heavy atom. The molecule has 0 spiro atoms. The lowest BCUT2D eigenvalue weighted by molar-refractivity contribution is -0.367. The summed E-state index contributed by atoms with van der Waals surface area (Å²) in [5.41, 5.74) is 1.21. The molecule has 0 atom stereocenters. The Kier molecular flexibility index (Phi) is 1.15. The van der Waals surface area contributed by atoms with Gasteiger partial charge < -0.3 is 0 Å². The zero-order valence-electron chi connectivity index (χ0n) is 4.89. The highest BCUT2D eigenvalue weighted by molar-refractivity contribution is 5.55. The molecule has 0 aromatic carbocycles. The third-order valence-corrected chi connectivity index (χ3v) is 0.981. The van der Waals surface area contributed by atoms with Gasteiger partial charge in [-0.25, -0.2) is 0 Å². The van der Waals surface area contributed by atoms with Gasteiger partial charge in [0.1, 0.15) is 0 Å². The summed E-state index contributed by atoms with van der Waals surface area (Å²) in [6.45, 7) is 5.60. The van der Waals surface area contributed by atoms with Crippen LogP contribution < -0.4 is 0 Å². The fourth-order valence-corrected chi connectivity index (χ4v) is 0.576. The minimum absolute atomic E-state index is 1.21. The van der Waals surface area contributed by atoms with Crippen molar-refractivity contribution in [1.29, 1.82) is 0 Å². The van der Waals surface area contributed by atoms with Crippen molar-refractivity contribution in [3.8, 4) is 0 Å². The summed E-state index contributed by atoms with van der Waals surface area (Å²) in [6.07, 6.45) is 5.60. The van der Waals surface area contributed by atoms with Crippen LogP contribution in [-0.2, 0) is 0 Å². The number of rotatable bonds is 1. The van der Waals surface area contributed by atoms with Gasteiger partial charge in [0.15, 0.2) is 18.3 Å². The summed E-state index contributed by atoms with van der Waals surface area (Å²) >= 11 is 0. The average Bonchev–Trinajstić information content (AvgIpc) is 2.14. The van der Waals surface area contributed by atoms with Crippen molar-refractivity contribution in [3.05, 3.63) is 30.6 Å². The van der Waals surface area contributed by atoms with E-state index in [1.54, 1.807) is 10.8 Å². The Hall–Kier alpha value is -1.07. The Morgan fingerprint density at radius 1 is 1.88 bits per heavy atom. The van der Waals surface area contributed by atoms with Crippen LogP contribution >= 0.6 is 0 Å². The summed E-state index contributed by atoms with van der Waals surface area (Å²) in [4.78, 5) is 0. The number of allylic oxidation sites excluding steroid dienone is 2. The summed E-state index contributed by atoms with van der Waals surface area (Å²) in [7, 11) is 0. The topological polar surface area (TPSA) is 3.01 Å². The van der Waals surface area contributed by atoms with Crippen LogP contribution in [0.5, 0.6) is 0 Å². The SMILES string of the molecule is C=C[N+]1=C=CC(C)=C1. The second-order valence-electron chi connectivity index (χ2n) is 1.74. The van der Waals surface area contributed by atoms with Gasteiger partial charge in [0, 0.05) is 5.57 Å². The third-order valence-electron chi connectivity index (χ3n) is 0.981. The van der Waals surface area contributed by atoms with E-state index in [1.165, 1.54) is 5.57 Å². The maximum atomic E-state index is 3.58. The van der Waals surface area contributed by atoms with Gasteiger partial charge in [-0.1, -0.05) is 0 Å². The molecule has 40 valence electrons. The number of hydrogen-bond acceptors (Lipinski definition) is 0.